The predicted molar refractivity (Wildman–Crippen MR) is 106 cm³/mol. The highest BCUT2D eigenvalue weighted by molar-refractivity contribution is 8.19. The van der Waals surface area contributed by atoms with Crippen molar-refractivity contribution in [2.45, 2.75) is 4.58 Å². The van der Waals surface area contributed by atoms with E-state index in [4.69, 9.17) is 9.84 Å². The molecule has 3 rings (SSSR count). The standard InChI is InChI=1S/C19H19NO4S2/c1-20(15-6-8-16(9-7-15)24-12-17(21)22)18(23)13-2-4-14(5-3-13)19-25-10-11-26-19/h2-9,19H,10-12H2,1H3,(H,21,22). The largest absolute Gasteiger partial charge is 0.482 e. The van der Waals surface area contributed by atoms with Gasteiger partial charge in [0.2, 0.25) is 0 Å². The summed E-state index contributed by atoms with van der Waals surface area (Å²) in [4.78, 5) is 24.8. The average Bonchev–Trinajstić information content (AvgIpc) is 3.20. The average molecular weight is 389 g/mol. The molecule has 0 bridgehead atoms. The molecule has 0 atom stereocenters. The van der Waals surface area contributed by atoms with Gasteiger partial charge in [-0.25, -0.2) is 4.79 Å². The summed E-state index contributed by atoms with van der Waals surface area (Å²) in [5.74, 6) is 1.67. The van der Waals surface area contributed by atoms with Crippen molar-refractivity contribution >= 4 is 41.1 Å². The first kappa shape index (κ1) is 18.7. The number of carboxylic acids is 1. The maximum atomic E-state index is 12.7. The summed E-state index contributed by atoms with van der Waals surface area (Å²) in [6.07, 6.45) is 0. The number of anilines is 1. The van der Waals surface area contributed by atoms with Crippen molar-refractivity contribution in [1.29, 1.82) is 0 Å². The molecule has 0 aliphatic carbocycles. The van der Waals surface area contributed by atoms with Crippen LogP contribution in [0.25, 0.3) is 0 Å². The van der Waals surface area contributed by atoms with Gasteiger partial charge in [-0.2, -0.15) is 0 Å². The van der Waals surface area contributed by atoms with Crippen LogP contribution >= 0.6 is 23.5 Å². The molecule has 1 heterocycles. The number of amides is 1. The maximum absolute atomic E-state index is 12.7. The predicted octanol–water partition coefficient (Wildman–Crippen LogP) is 3.91. The van der Waals surface area contributed by atoms with Crippen molar-refractivity contribution in [1.82, 2.24) is 0 Å². The van der Waals surface area contributed by atoms with Crippen LogP contribution in [0, 0.1) is 0 Å². The van der Waals surface area contributed by atoms with Gasteiger partial charge in [0.05, 0.1) is 4.58 Å². The zero-order chi connectivity index (χ0) is 18.5. The fourth-order valence-electron chi connectivity index (χ4n) is 2.56. The topological polar surface area (TPSA) is 66.8 Å². The molecule has 1 aliphatic rings. The van der Waals surface area contributed by atoms with E-state index in [0.717, 1.165) is 0 Å². The molecule has 136 valence electrons. The monoisotopic (exact) mass is 389 g/mol. The third-order valence-corrected chi connectivity index (χ3v) is 7.05. The van der Waals surface area contributed by atoms with Crippen LogP contribution in [0.15, 0.2) is 48.5 Å². The van der Waals surface area contributed by atoms with E-state index >= 15 is 0 Å². The van der Waals surface area contributed by atoms with Crippen LogP contribution in [0.4, 0.5) is 5.69 Å². The lowest BCUT2D eigenvalue weighted by atomic mass is 10.1. The minimum absolute atomic E-state index is 0.0949. The lowest BCUT2D eigenvalue weighted by molar-refractivity contribution is -0.139. The number of carboxylic acid groups (broad SMARTS) is 1. The number of ether oxygens (including phenoxy) is 1. The molecule has 1 amide bonds. The molecule has 2 aromatic rings. The van der Waals surface area contributed by atoms with Gasteiger partial charge in [0.1, 0.15) is 5.75 Å². The summed E-state index contributed by atoms with van der Waals surface area (Å²) in [5, 5.41) is 8.62. The lowest BCUT2D eigenvalue weighted by Crippen LogP contribution is -2.26. The number of carbonyl (C=O) groups is 2. The van der Waals surface area contributed by atoms with E-state index in [9.17, 15) is 9.59 Å². The van der Waals surface area contributed by atoms with Crippen LogP contribution in [-0.4, -0.2) is 42.1 Å². The molecule has 0 aromatic heterocycles. The van der Waals surface area contributed by atoms with E-state index < -0.39 is 12.6 Å². The van der Waals surface area contributed by atoms with Gasteiger partial charge in [-0.3, -0.25) is 4.79 Å². The van der Waals surface area contributed by atoms with Crippen molar-refractivity contribution in [3.05, 3.63) is 59.7 Å². The number of aliphatic carboxylic acids is 1. The number of hydrogen-bond donors (Lipinski definition) is 1. The Morgan fingerprint density at radius 1 is 1.08 bits per heavy atom. The van der Waals surface area contributed by atoms with Crippen LogP contribution in [-0.2, 0) is 4.79 Å². The number of carbonyl (C=O) groups excluding carboxylic acids is 1. The second-order valence-electron chi connectivity index (χ2n) is 5.74. The quantitative estimate of drug-likeness (QED) is 0.808. The fourth-order valence-corrected chi connectivity index (χ4v) is 5.42. The summed E-state index contributed by atoms with van der Waals surface area (Å²) in [5.41, 5.74) is 2.59. The molecule has 0 radical (unpaired) electrons. The van der Waals surface area contributed by atoms with Crippen LogP contribution in [0.1, 0.15) is 20.5 Å². The smallest absolute Gasteiger partial charge is 0.341 e. The molecule has 7 heteroatoms. The van der Waals surface area contributed by atoms with Gasteiger partial charge in [0, 0.05) is 29.8 Å². The Morgan fingerprint density at radius 2 is 1.69 bits per heavy atom. The summed E-state index contributed by atoms with van der Waals surface area (Å²) < 4.78 is 5.57. The summed E-state index contributed by atoms with van der Waals surface area (Å²) in [6.45, 7) is -0.391. The van der Waals surface area contributed by atoms with Crippen LogP contribution in [0.2, 0.25) is 0 Å². The van der Waals surface area contributed by atoms with Gasteiger partial charge in [-0.05, 0) is 42.0 Å². The van der Waals surface area contributed by atoms with E-state index in [2.05, 4.69) is 0 Å². The number of thioether (sulfide) groups is 2. The third kappa shape index (κ3) is 4.53. The van der Waals surface area contributed by atoms with E-state index in [1.165, 1.54) is 17.1 Å². The first-order chi connectivity index (χ1) is 12.5. The fraction of sp³-hybridized carbons (Fsp3) is 0.263. The summed E-state index contributed by atoms with van der Waals surface area (Å²) >= 11 is 3.88. The molecule has 1 aliphatic heterocycles. The van der Waals surface area contributed by atoms with Gasteiger partial charge in [0.25, 0.3) is 5.91 Å². The Bertz CT molecular complexity index is 771. The van der Waals surface area contributed by atoms with Crippen molar-refractivity contribution in [2.24, 2.45) is 0 Å². The van der Waals surface area contributed by atoms with Gasteiger partial charge < -0.3 is 14.7 Å². The zero-order valence-corrected chi connectivity index (χ0v) is 15.9. The Hall–Kier alpha value is -2.12. The molecule has 0 spiro atoms. The molecule has 1 fully saturated rings. The van der Waals surface area contributed by atoms with E-state index in [0.29, 0.717) is 21.6 Å². The van der Waals surface area contributed by atoms with Crippen LogP contribution < -0.4 is 9.64 Å². The van der Waals surface area contributed by atoms with E-state index in [1.807, 2.05) is 47.8 Å². The number of benzene rings is 2. The van der Waals surface area contributed by atoms with Crippen molar-refractivity contribution in [3.63, 3.8) is 0 Å². The van der Waals surface area contributed by atoms with E-state index in [-0.39, 0.29) is 5.91 Å². The Kier molecular flexibility index (Phi) is 6.11. The number of nitrogens with zero attached hydrogens (tertiary/aromatic N) is 1. The van der Waals surface area contributed by atoms with Crippen LogP contribution in [0.5, 0.6) is 5.75 Å². The molecule has 26 heavy (non-hydrogen) atoms. The van der Waals surface area contributed by atoms with Gasteiger partial charge in [-0.1, -0.05) is 12.1 Å². The summed E-state index contributed by atoms with van der Waals surface area (Å²) in [6, 6.07) is 14.6. The maximum Gasteiger partial charge on any atom is 0.341 e. The van der Waals surface area contributed by atoms with Crippen molar-refractivity contribution in [3.8, 4) is 5.75 Å². The number of rotatable bonds is 6. The molecule has 5 nitrogen and oxygen atoms in total. The Balaban J connectivity index is 1.65. The number of hydrogen-bond acceptors (Lipinski definition) is 5. The molecule has 0 saturated carbocycles. The van der Waals surface area contributed by atoms with Crippen LogP contribution in [0.3, 0.4) is 0 Å². The normalized spacial score (nSPS) is 14.2. The molecular formula is C19H19NO4S2. The van der Waals surface area contributed by atoms with Crippen molar-refractivity contribution < 1.29 is 19.4 Å². The minimum Gasteiger partial charge on any atom is -0.482 e. The Morgan fingerprint density at radius 3 is 2.27 bits per heavy atom. The molecular weight excluding hydrogens is 370 g/mol. The third-order valence-electron chi connectivity index (χ3n) is 3.94. The van der Waals surface area contributed by atoms with Gasteiger partial charge in [-0.15, -0.1) is 23.5 Å². The van der Waals surface area contributed by atoms with E-state index in [1.54, 1.807) is 36.2 Å². The highest BCUT2D eigenvalue weighted by Gasteiger charge is 2.19. The first-order valence-electron chi connectivity index (χ1n) is 8.10. The minimum atomic E-state index is -1.03. The first-order valence-corrected chi connectivity index (χ1v) is 10.2. The SMILES string of the molecule is CN(C(=O)c1ccc(C2SCCS2)cc1)c1ccc(OCC(=O)O)cc1. The Labute approximate surface area is 160 Å². The van der Waals surface area contributed by atoms with Gasteiger partial charge in [0.15, 0.2) is 6.61 Å². The molecule has 2 aromatic carbocycles. The molecule has 0 unspecified atom stereocenters. The second kappa shape index (κ2) is 8.51. The highest BCUT2D eigenvalue weighted by Crippen LogP contribution is 2.45. The van der Waals surface area contributed by atoms with Gasteiger partial charge >= 0.3 is 5.97 Å². The zero-order valence-electron chi connectivity index (χ0n) is 14.3. The molecule has 1 N–H and O–H groups in total. The summed E-state index contributed by atoms with van der Waals surface area (Å²) in [7, 11) is 1.71. The molecule has 1 saturated heterocycles. The van der Waals surface area contributed by atoms with Crippen molar-refractivity contribution in [2.75, 3.05) is 30.1 Å². The lowest BCUT2D eigenvalue weighted by Gasteiger charge is -2.18. The second-order valence-corrected chi connectivity index (χ2v) is 8.46. The highest BCUT2D eigenvalue weighted by atomic mass is 32.2.